The predicted octanol–water partition coefficient (Wildman–Crippen LogP) is 2.80. The maximum absolute atomic E-state index is 12.5. The third kappa shape index (κ3) is 5.70. The van der Waals surface area contributed by atoms with E-state index in [1.165, 1.54) is 12.8 Å². The number of nitrogens with one attached hydrogen (secondary N) is 2. The Morgan fingerprint density at radius 2 is 2.13 bits per heavy atom. The van der Waals surface area contributed by atoms with Crippen LogP contribution in [0, 0.1) is 11.3 Å². The minimum atomic E-state index is -0.448. The molecule has 4 nitrogen and oxygen atoms in total. The molecule has 0 aromatic heterocycles. The van der Waals surface area contributed by atoms with Crippen molar-refractivity contribution in [3.63, 3.8) is 0 Å². The van der Waals surface area contributed by atoms with Gasteiger partial charge in [0.05, 0.1) is 7.11 Å². The van der Waals surface area contributed by atoms with E-state index in [4.69, 9.17) is 4.74 Å². The summed E-state index contributed by atoms with van der Waals surface area (Å²) in [6.07, 6.45) is 3.07. The van der Waals surface area contributed by atoms with E-state index in [0.29, 0.717) is 12.3 Å². The normalized spacial score (nSPS) is 18.0. The van der Waals surface area contributed by atoms with E-state index in [0.717, 1.165) is 30.9 Å². The number of rotatable bonds is 6. The average Bonchev–Trinajstić information content (AvgIpc) is 2.53. The van der Waals surface area contributed by atoms with Gasteiger partial charge in [-0.1, -0.05) is 32.0 Å². The lowest BCUT2D eigenvalue weighted by Crippen LogP contribution is -2.43. The SMILES string of the molecule is COc1ccccc1CC(C)(C)C(=O)NCC1CCCNC1.Cl. The number of para-hydroxylation sites is 1. The highest BCUT2D eigenvalue weighted by molar-refractivity contribution is 5.85. The zero-order valence-electron chi connectivity index (χ0n) is 14.4. The van der Waals surface area contributed by atoms with Crippen molar-refractivity contribution in [2.45, 2.75) is 33.1 Å². The Balaban J connectivity index is 0.00000264. The average molecular weight is 341 g/mol. The van der Waals surface area contributed by atoms with Crippen molar-refractivity contribution >= 4 is 18.3 Å². The molecule has 130 valence electrons. The number of methoxy groups -OCH3 is 1. The number of hydrogen-bond donors (Lipinski definition) is 2. The molecule has 5 heteroatoms. The molecule has 1 saturated heterocycles. The van der Waals surface area contributed by atoms with Crippen molar-refractivity contribution in [1.82, 2.24) is 10.6 Å². The monoisotopic (exact) mass is 340 g/mol. The molecule has 1 aromatic rings. The zero-order chi connectivity index (χ0) is 16.0. The summed E-state index contributed by atoms with van der Waals surface area (Å²) in [6.45, 7) is 6.86. The summed E-state index contributed by atoms with van der Waals surface area (Å²) < 4.78 is 5.39. The number of benzene rings is 1. The van der Waals surface area contributed by atoms with Crippen LogP contribution in [0.2, 0.25) is 0 Å². The largest absolute Gasteiger partial charge is 0.496 e. The topological polar surface area (TPSA) is 50.4 Å². The fraction of sp³-hybridized carbons (Fsp3) is 0.611. The quantitative estimate of drug-likeness (QED) is 0.837. The Labute approximate surface area is 145 Å². The van der Waals surface area contributed by atoms with Crippen molar-refractivity contribution < 1.29 is 9.53 Å². The van der Waals surface area contributed by atoms with Crippen LogP contribution in [0.4, 0.5) is 0 Å². The van der Waals surface area contributed by atoms with Gasteiger partial charge < -0.3 is 15.4 Å². The number of hydrogen-bond acceptors (Lipinski definition) is 3. The van der Waals surface area contributed by atoms with Gasteiger partial charge >= 0.3 is 0 Å². The van der Waals surface area contributed by atoms with Gasteiger partial charge in [0, 0.05) is 12.0 Å². The molecule has 1 unspecified atom stereocenters. The molecule has 1 aromatic carbocycles. The van der Waals surface area contributed by atoms with Gasteiger partial charge in [0.25, 0.3) is 0 Å². The highest BCUT2D eigenvalue weighted by Crippen LogP contribution is 2.28. The summed E-state index contributed by atoms with van der Waals surface area (Å²) in [4.78, 5) is 12.5. The number of amides is 1. The van der Waals surface area contributed by atoms with Gasteiger partial charge in [-0.3, -0.25) is 4.79 Å². The fourth-order valence-electron chi connectivity index (χ4n) is 2.98. The second-order valence-electron chi connectivity index (χ2n) is 6.79. The van der Waals surface area contributed by atoms with E-state index < -0.39 is 5.41 Å². The molecular formula is C18H29ClN2O2. The first-order valence-electron chi connectivity index (χ1n) is 8.14. The van der Waals surface area contributed by atoms with Gasteiger partial charge in [0.15, 0.2) is 0 Å². The molecule has 1 fully saturated rings. The minimum absolute atomic E-state index is 0. The van der Waals surface area contributed by atoms with Crippen LogP contribution in [0.15, 0.2) is 24.3 Å². The molecule has 1 aliphatic rings. The zero-order valence-corrected chi connectivity index (χ0v) is 15.2. The molecule has 23 heavy (non-hydrogen) atoms. The number of piperidine rings is 1. The summed E-state index contributed by atoms with van der Waals surface area (Å²) >= 11 is 0. The molecule has 1 amide bonds. The molecule has 1 heterocycles. The van der Waals surface area contributed by atoms with Crippen molar-refractivity contribution in [1.29, 1.82) is 0 Å². The van der Waals surface area contributed by atoms with Crippen LogP contribution in [0.5, 0.6) is 5.75 Å². The van der Waals surface area contributed by atoms with Crippen LogP contribution < -0.4 is 15.4 Å². The maximum Gasteiger partial charge on any atom is 0.226 e. The Hall–Kier alpha value is -1.26. The molecule has 2 rings (SSSR count). The molecule has 0 saturated carbocycles. The first-order chi connectivity index (χ1) is 10.5. The van der Waals surface area contributed by atoms with Crippen LogP contribution in [0.25, 0.3) is 0 Å². The summed E-state index contributed by atoms with van der Waals surface area (Å²) in [5.41, 5.74) is 0.626. The Morgan fingerprint density at radius 3 is 2.78 bits per heavy atom. The van der Waals surface area contributed by atoms with Gasteiger partial charge in [0.2, 0.25) is 5.91 Å². The highest BCUT2D eigenvalue weighted by Gasteiger charge is 2.29. The molecule has 1 atom stereocenters. The van der Waals surface area contributed by atoms with Gasteiger partial charge in [-0.2, -0.15) is 0 Å². The predicted molar refractivity (Wildman–Crippen MR) is 96.3 cm³/mol. The van der Waals surface area contributed by atoms with Crippen LogP contribution in [0.3, 0.4) is 0 Å². The summed E-state index contributed by atoms with van der Waals surface area (Å²) in [5, 5.41) is 6.52. The smallest absolute Gasteiger partial charge is 0.226 e. The van der Waals surface area contributed by atoms with E-state index in [1.807, 2.05) is 38.1 Å². The Morgan fingerprint density at radius 1 is 1.39 bits per heavy atom. The second kappa shape index (κ2) is 9.14. The van der Waals surface area contributed by atoms with Gasteiger partial charge in [0.1, 0.15) is 5.75 Å². The molecule has 0 spiro atoms. The standard InChI is InChI=1S/C18H28N2O2.ClH/c1-18(2,11-15-8-4-5-9-16(15)22-3)17(21)20-13-14-7-6-10-19-12-14;/h4-5,8-9,14,19H,6-7,10-13H2,1-3H3,(H,20,21);1H. The van der Waals surface area contributed by atoms with Crippen LogP contribution >= 0.6 is 12.4 Å². The van der Waals surface area contributed by atoms with Gasteiger partial charge in [-0.25, -0.2) is 0 Å². The first kappa shape index (κ1) is 19.8. The number of halogens is 1. The van der Waals surface area contributed by atoms with Crippen LogP contribution in [-0.4, -0.2) is 32.7 Å². The maximum atomic E-state index is 12.5. The fourth-order valence-corrected chi connectivity index (χ4v) is 2.98. The lowest BCUT2D eigenvalue weighted by molar-refractivity contribution is -0.129. The number of carbonyl (C=O) groups excluding carboxylic acids is 1. The first-order valence-corrected chi connectivity index (χ1v) is 8.14. The Bertz CT molecular complexity index is 500. The summed E-state index contributed by atoms with van der Waals surface area (Å²) in [5.74, 6) is 1.52. The van der Waals surface area contributed by atoms with E-state index in [1.54, 1.807) is 7.11 Å². The molecular weight excluding hydrogens is 312 g/mol. The third-order valence-electron chi connectivity index (χ3n) is 4.39. The molecule has 0 radical (unpaired) electrons. The van der Waals surface area contributed by atoms with Gasteiger partial charge in [-0.05, 0) is 49.9 Å². The summed E-state index contributed by atoms with van der Waals surface area (Å²) in [7, 11) is 1.67. The van der Waals surface area contributed by atoms with Crippen molar-refractivity contribution in [3.05, 3.63) is 29.8 Å². The number of ether oxygens (including phenoxy) is 1. The molecule has 0 bridgehead atoms. The lowest BCUT2D eigenvalue weighted by Gasteiger charge is -2.27. The molecule has 2 N–H and O–H groups in total. The van der Waals surface area contributed by atoms with E-state index in [-0.39, 0.29) is 18.3 Å². The lowest BCUT2D eigenvalue weighted by atomic mass is 9.84. The summed E-state index contributed by atoms with van der Waals surface area (Å²) in [6, 6.07) is 7.90. The van der Waals surface area contributed by atoms with Crippen molar-refractivity contribution in [2.75, 3.05) is 26.7 Å². The van der Waals surface area contributed by atoms with E-state index in [9.17, 15) is 4.79 Å². The van der Waals surface area contributed by atoms with Crippen molar-refractivity contribution in [3.8, 4) is 5.75 Å². The third-order valence-corrected chi connectivity index (χ3v) is 4.39. The van der Waals surface area contributed by atoms with Crippen molar-refractivity contribution in [2.24, 2.45) is 11.3 Å². The molecule has 1 aliphatic heterocycles. The number of carbonyl (C=O) groups is 1. The minimum Gasteiger partial charge on any atom is -0.496 e. The van der Waals surface area contributed by atoms with E-state index >= 15 is 0 Å². The molecule has 0 aliphatic carbocycles. The van der Waals surface area contributed by atoms with Crippen LogP contribution in [-0.2, 0) is 11.2 Å². The van der Waals surface area contributed by atoms with Crippen LogP contribution in [0.1, 0.15) is 32.3 Å². The highest BCUT2D eigenvalue weighted by atomic mass is 35.5. The van der Waals surface area contributed by atoms with E-state index in [2.05, 4.69) is 10.6 Å². The Kier molecular flexibility index (Phi) is 7.86. The second-order valence-corrected chi connectivity index (χ2v) is 6.79. The van der Waals surface area contributed by atoms with Gasteiger partial charge in [-0.15, -0.1) is 12.4 Å².